The number of carbonyl (C=O) groups is 1. The molecule has 19 heavy (non-hydrogen) atoms. The second-order valence-electron chi connectivity index (χ2n) is 5.41. The van der Waals surface area contributed by atoms with Gasteiger partial charge in [-0.3, -0.25) is 4.79 Å². The van der Waals surface area contributed by atoms with Gasteiger partial charge in [-0.05, 0) is 25.7 Å². The van der Waals surface area contributed by atoms with Crippen molar-refractivity contribution >= 4 is 15.9 Å². The van der Waals surface area contributed by atoms with E-state index in [4.69, 9.17) is 0 Å². The van der Waals surface area contributed by atoms with Crippen LogP contribution in [0.4, 0.5) is 0 Å². The van der Waals surface area contributed by atoms with Gasteiger partial charge in [-0.15, -0.1) is 0 Å². The summed E-state index contributed by atoms with van der Waals surface area (Å²) in [6.07, 6.45) is 1.92. The lowest BCUT2D eigenvalue weighted by Gasteiger charge is -2.36. The summed E-state index contributed by atoms with van der Waals surface area (Å²) in [6.45, 7) is 9.25. The Labute approximate surface area is 117 Å². The molecule has 1 saturated heterocycles. The maximum absolute atomic E-state index is 12.2. The maximum atomic E-state index is 12.2. The van der Waals surface area contributed by atoms with E-state index < -0.39 is 15.8 Å². The molecule has 1 aliphatic heterocycles. The van der Waals surface area contributed by atoms with E-state index in [2.05, 4.69) is 6.92 Å². The second-order valence-corrected chi connectivity index (χ2v) is 7.38. The Balaban J connectivity index is 2.69. The summed E-state index contributed by atoms with van der Waals surface area (Å²) >= 11 is 0. The van der Waals surface area contributed by atoms with E-state index in [1.165, 1.54) is 4.31 Å². The van der Waals surface area contributed by atoms with Gasteiger partial charge < -0.3 is 4.90 Å². The average molecular weight is 290 g/mol. The van der Waals surface area contributed by atoms with Crippen LogP contribution in [-0.2, 0) is 14.8 Å². The molecule has 2 atom stereocenters. The molecule has 0 spiro atoms. The van der Waals surface area contributed by atoms with Gasteiger partial charge in [0.25, 0.3) is 0 Å². The molecule has 1 fully saturated rings. The van der Waals surface area contributed by atoms with Gasteiger partial charge in [0.2, 0.25) is 15.9 Å². The van der Waals surface area contributed by atoms with Crippen molar-refractivity contribution in [2.24, 2.45) is 5.92 Å². The van der Waals surface area contributed by atoms with E-state index in [1.807, 2.05) is 6.92 Å². The zero-order valence-electron chi connectivity index (χ0n) is 12.4. The minimum Gasteiger partial charge on any atom is -0.339 e. The second kappa shape index (κ2) is 6.70. The first-order chi connectivity index (χ1) is 8.81. The molecule has 1 heterocycles. The molecule has 5 nitrogen and oxygen atoms in total. The van der Waals surface area contributed by atoms with Crippen molar-refractivity contribution in [3.8, 4) is 0 Å². The standard InChI is InChI=1S/C13H26N2O3S/c1-5-14(6-2)19(17,18)10-13(16)15-8-7-11(3)9-12(15)4/h11-12H,5-10H2,1-4H3/t11-,12+/m1/s1. The van der Waals surface area contributed by atoms with Gasteiger partial charge in [-0.25, -0.2) is 12.7 Å². The number of likely N-dealkylation sites (tertiary alicyclic amines) is 1. The molecule has 112 valence electrons. The van der Waals surface area contributed by atoms with Gasteiger partial charge in [-0.1, -0.05) is 20.8 Å². The van der Waals surface area contributed by atoms with Crippen LogP contribution < -0.4 is 0 Å². The van der Waals surface area contributed by atoms with Crippen molar-refractivity contribution < 1.29 is 13.2 Å². The zero-order valence-corrected chi connectivity index (χ0v) is 13.2. The summed E-state index contributed by atoms with van der Waals surface area (Å²) in [5.41, 5.74) is 0. The molecule has 0 saturated carbocycles. The van der Waals surface area contributed by atoms with Crippen molar-refractivity contribution in [3.05, 3.63) is 0 Å². The third-order valence-electron chi connectivity index (χ3n) is 3.86. The van der Waals surface area contributed by atoms with E-state index in [0.29, 0.717) is 25.6 Å². The van der Waals surface area contributed by atoms with E-state index >= 15 is 0 Å². The maximum Gasteiger partial charge on any atom is 0.239 e. The lowest BCUT2D eigenvalue weighted by molar-refractivity contribution is -0.132. The highest BCUT2D eigenvalue weighted by Crippen LogP contribution is 2.22. The lowest BCUT2D eigenvalue weighted by atomic mass is 9.93. The quantitative estimate of drug-likeness (QED) is 0.767. The summed E-state index contributed by atoms with van der Waals surface area (Å²) in [4.78, 5) is 13.9. The van der Waals surface area contributed by atoms with Crippen LogP contribution in [-0.4, -0.2) is 55.0 Å². The van der Waals surface area contributed by atoms with Crippen molar-refractivity contribution in [1.82, 2.24) is 9.21 Å². The third kappa shape index (κ3) is 4.18. The predicted molar refractivity (Wildman–Crippen MR) is 76.3 cm³/mol. The highest BCUT2D eigenvalue weighted by molar-refractivity contribution is 7.89. The van der Waals surface area contributed by atoms with Crippen LogP contribution in [0.1, 0.15) is 40.5 Å². The summed E-state index contributed by atoms with van der Waals surface area (Å²) in [6, 6.07) is 0.142. The first kappa shape index (κ1) is 16.4. The SMILES string of the molecule is CCN(CC)S(=O)(=O)CC(=O)N1CC[C@@H](C)C[C@@H]1C. The fourth-order valence-corrected chi connectivity index (χ4v) is 4.17. The Morgan fingerprint density at radius 2 is 1.84 bits per heavy atom. The van der Waals surface area contributed by atoms with Gasteiger partial charge >= 0.3 is 0 Å². The molecular formula is C13H26N2O3S. The van der Waals surface area contributed by atoms with E-state index in [-0.39, 0.29) is 11.9 Å². The molecule has 1 aliphatic rings. The number of nitrogens with zero attached hydrogens (tertiary/aromatic N) is 2. The van der Waals surface area contributed by atoms with Crippen LogP contribution in [0, 0.1) is 5.92 Å². The summed E-state index contributed by atoms with van der Waals surface area (Å²) in [7, 11) is -3.47. The topological polar surface area (TPSA) is 57.7 Å². The smallest absolute Gasteiger partial charge is 0.239 e. The van der Waals surface area contributed by atoms with Crippen LogP contribution >= 0.6 is 0 Å². The molecule has 0 aliphatic carbocycles. The monoisotopic (exact) mass is 290 g/mol. The molecule has 1 amide bonds. The van der Waals surface area contributed by atoms with Crippen LogP contribution in [0.3, 0.4) is 0 Å². The fraction of sp³-hybridized carbons (Fsp3) is 0.923. The fourth-order valence-electron chi connectivity index (χ4n) is 2.73. The first-order valence-electron chi connectivity index (χ1n) is 7.09. The number of amides is 1. The van der Waals surface area contributed by atoms with Crippen molar-refractivity contribution in [1.29, 1.82) is 0 Å². The Hall–Kier alpha value is -0.620. The van der Waals surface area contributed by atoms with Gasteiger partial charge in [0.1, 0.15) is 5.75 Å². The lowest BCUT2D eigenvalue weighted by Crippen LogP contribution is -2.48. The molecule has 0 radical (unpaired) electrons. The molecule has 0 aromatic rings. The van der Waals surface area contributed by atoms with Crippen LogP contribution in [0.15, 0.2) is 0 Å². The van der Waals surface area contributed by atoms with Crippen molar-refractivity contribution in [3.63, 3.8) is 0 Å². The van der Waals surface area contributed by atoms with Crippen LogP contribution in [0.5, 0.6) is 0 Å². The molecule has 0 aromatic heterocycles. The zero-order chi connectivity index (χ0) is 14.6. The summed E-state index contributed by atoms with van der Waals surface area (Å²) in [5.74, 6) is -0.0438. The highest BCUT2D eigenvalue weighted by Gasteiger charge is 2.31. The number of piperidine rings is 1. The molecule has 6 heteroatoms. The molecular weight excluding hydrogens is 264 g/mol. The Kier molecular flexibility index (Phi) is 5.80. The summed E-state index contributed by atoms with van der Waals surface area (Å²) in [5, 5.41) is 0. The number of hydrogen-bond donors (Lipinski definition) is 0. The van der Waals surface area contributed by atoms with Crippen molar-refractivity contribution in [2.75, 3.05) is 25.4 Å². The van der Waals surface area contributed by atoms with E-state index in [1.54, 1.807) is 18.7 Å². The molecule has 0 N–H and O–H groups in total. The Bertz CT molecular complexity index is 404. The Morgan fingerprint density at radius 1 is 1.26 bits per heavy atom. The summed E-state index contributed by atoms with van der Waals surface area (Å²) < 4.78 is 25.5. The van der Waals surface area contributed by atoms with Gasteiger partial charge in [0.15, 0.2) is 0 Å². The van der Waals surface area contributed by atoms with Gasteiger partial charge in [-0.2, -0.15) is 0 Å². The molecule has 1 rings (SSSR count). The van der Waals surface area contributed by atoms with Gasteiger partial charge in [0, 0.05) is 25.7 Å². The number of hydrogen-bond acceptors (Lipinski definition) is 3. The average Bonchev–Trinajstić information content (AvgIpc) is 2.28. The van der Waals surface area contributed by atoms with Crippen molar-refractivity contribution in [2.45, 2.75) is 46.6 Å². The first-order valence-corrected chi connectivity index (χ1v) is 8.70. The van der Waals surface area contributed by atoms with E-state index in [0.717, 1.165) is 12.8 Å². The van der Waals surface area contributed by atoms with Gasteiger partial charge in [0.05, 0.1) is 0 Å². The normalized spacial score (nSPS) is 24.8. The van der Waals surface area contributed by atoms with Crippen LogP contribution in [0.25, 0.3) is 0 Å². The largest absolute Gasteiger partial charge is 0.339 e. The number of carbonyl (C=O) groups excluding carboxylic acids is 1. The number of sulfonamides is 1. The molecule has 0 bridgehead atoms. The van der Waals surface area contributed by atoms with E-state index in [9.17, 15) is 13.2 Å². The Morgan fingerprint density at radius 3 is 2.32 bits per heavy atom. The minimum absolute atomic E-state index is 0.142. The minimum atomic E-state index is -3.47. The third-order valence-corrected chi connectivity index (χ3v) is 5.78. The molecule has 0 aromatic carbocycles. The predicted octanol–water partition coefficient (Wildman–Crippen LogP) is 1.30. The highest BCUT2D eigenvalue weighted by atomic mass is 32.2. The number of rotatable bonds is 5. The molecule has 0 unspecified atom stereocenters. The van der Waals surface area contributed by atoms with Crippen LogP contribution in [0.2, 0.25) is 0 Å².